The average Bonchev–Trinajstić information content (AvgIpc) is 2.65. The zero-order chi connectivity index (χ0) is 17.8. The van der Waals surface area contributed by atoms with Crippen LogP contribution in [0.5, 0.6) is 11.5 Å². The molecule has 3 rings (SSSR count). The molecular weight excluding hydrogens is 340 g/mol. The lowest BCUT2D eigenvalue weighted by molar-refractivity contribution is 0.409. The third-order valence-electron chi connectivity index (χ3n) is 3.93. The van der Waals surface area contributed by atoms with Crippen LogP contribution < -0.4 is 14.2 Å². The lowest BCUT2D eigenvalue weighted by Crippen LogP contribution is -2.16. The second-order valence-electron chi connectivity index (χ2n) is 5.32. The second-order valence-corrected chi connectivity index (χ2v) is 6.08. The fraction of sp³-hybridized carbons (Fsp3) is 0.167. The standard InChI is InChI=1S/C18H18N2O4S/c1-23-14-5-6-16-15(7-8-19-17(16)10-14)12-3-4-13(11-20-25(21)22)18(9-12)24-2/h3-10,20H,11H2,1-2H3,(H,21,22)/p-1. The van der Waals surface area contributed by atoms with E-state index in [4.69, 9.17) is 9.47 Å². The van der Waals surface area contributed by atoms with Crippen LogP contribution in [0.25, 0.3) is 22.0 Å². The number of hydrogen-bond donors (Lipinski definition) is 1. The van der Waals surface area contributed by atoms with E-state index in [1.807, 2.05) is 42.5 Å². The summed E-state index contributed by atoms with van der Waals surface area (Å²) in [7, 11) is 3.18. The molecule has 0 fully saturated rings. The molecule has 25 heavy (non-hydrogen) atoms. The van der Waals surface area contributed by atoms with Gasteiger partial charge in [-0.1, -0.05) is 12.1 Å². The summed E-state index contributed by atoms with van der Waals surface area (Å²) in [5.41, 5.74) is 3.57. The Kier molecular flexibility index (Phi) is 5.28. The van der Waals surface area contributed by atoms with Gasteiger partial charge in [-0.2, -0.15) is 0 Å². The first-order valence-corrected chi connectivity index (χ1v) is 8.62. The Morgan fingerprint density at radius 3 is 2.68 bits per heavy atom. The molecule has 1 heterocycles. The van der Waals surface area contributed by atoms with Crippen molar-refractivity contribution in [1.82, 2.24) is 9.71 Å². The zero-order valence-corrected chi connectivity index (χ0v) is 14.6. The highest BCUT2D eigenvalue weighted by Gasteiger charge is 2.10. The molecule has 0 amide bonds. The SMILES string of the molecule is COc1ccc2c(-c3ccc(CNS(=O)[O-])c(OC)c3)ccnc2c1. The Hall–Kier alpha value is -2.48. The van der Waals surface area contributed by atoms with Crippen molar-refractivity contribution in [3.63, 3.8) is 0 Å². The van der Waals surface area contributed by atoms with Crippen LogP contribution in [0.1, 0.15) is 5.56 Å². The minimum absolute atomic E-state index is 0.174. The van der Waals surface area contributed by atoms with Crippen LogP contribution in [-0.2, 0) is 17.8 Å². The number of benzene rings is 2. The molecule has 1 N–H and O–H groups in total. The highest BCUT2D eigenvalue weighted by Crippen LogP contribution is 2.32. The van der Waals surface area contributed by atoms with Crippen molar-refractivity contribution in [3.8, 4) is 22.6 Å². The van der Waals surface area contributed by atoms with Gasteiger partial charge in [0.05, 0.1) is 19.7 Å². The van der Waals surface area contributed by atoms with Gasteiger partial charge < -0.3 is 14.0 Å². The minimum atomic E-state index is -2.32. The summed E-state index contributed by atoms with van der Waals surface area (Å²) in [5.74, 6) is 1.37. The maximum Gasteiger partial charge on any atom is 0.124 e. The van der Waals surface area contributed by atoms with Crippen LogP contribution >= 0.6 is 0 Å². The summed E-state index contributed by atoms with van der Waals surface area (Å²) in [6.07, 6.45) is 1.75. The van der Waals surface area contributed by atoms with E-state index in [1.165, 1.54) is 0 Å². The van der Waals surface area contributed by atoms with Gasteiger partial charge in [0.1, 0.15) is 11.5 Å². The summed E-state index contributed by atoms with van der Waals surface area (Å²) in [6, 6.07) is 13.4. The highest BCUT2D eigenvalue weighted by molar-refractivity contribution is 7.77. The summed E-state index contributed by atoms with van der Waals surface area (Å²) in [5, 5.41) is 0.997. The number of rotatable bonds is 6. The molecule has 6 nitrogen and oxygen atoms in total. The number of nitrogens with zero attached hydrogens (tertiary/aromatic N) is 1. The predicted molar refractivity (Wildman–Crippen MR) is 96.0 cm³/mol. The molecule has 1 atom stereocenters. The number of pyridine rings is 1. The smallest absolute Gasteiger partial charge is 0.124 e. The molecule has 0 spiro atoms. The van der Waals surface area contributed by atoms with Crippen molar-refractivity contribution in [1.29, 1.82) is 0 Å². The molecule has 2 aromatic carbocycles. The number of nitrogens with one attached hydrogen (secondary N) is 1. The molecule has 0 aliphatic rings. The Morgan fingerprint density at radius 2 is 1.96 bits per heavy atom. The van der Waals surface area contributed by atoms with E-state index >= 15 is 0 Å². The normalized spacial score (nSPS) is 12.1. The van der Waals surface area contributed by atoms with E-state index in [1.54, 1.807) is 20.4 Å². The average molecular weight is 357 g/mol. The quantitative estimate of drug-likeness (QED) is 0.686. The van der Waals surface area contributed by atoms with Crippen LogP contribution in [0.3, 0.4) is 0 Å². The van der Waals surface area contributed by atoms with Crippen LogP contribution in [-0.4, -0.2) is 28.0 Å². The summed E-state index contributed by atoms with van der Waals surface area (Å²) >= 11 is -2.32. The Balaban J connectivity index is 2.04. The van der Waals surface area contributed by atoms with E-state index in [2.05, 4.69) is 9.71 Å². The molecule has 1 unspecified atom stereocenters. The van der Waals surface area contributed by atoms with Crippen molar-refractivity contribution in [3.05, 3.63) is 54.2 Å². The second kappa shape index (κ2) is 7.60. The maximum absolute atomic E-state index is 10.7. The molecular formula is C18H17N2O4S-. The van der Waals surface area contributed by atoms with Crippen molar-refractivity contribution in [2.45, 2.75) is 6.54 Å². The highest BCUT2D eigenvalue weighted by atomic mass is 32.2. The molecule has 0 radical (unpaired) electrons. The van der Waals surface area contributed by atoms with Gasteiger partial charge in [0.25, 0.3) is 0 Å². The number of hydrogen-bond acceptors (Lipinski definition) is 5. The first kappa shape index (κ1) is 17.3. The molecule has 0 bridgehead atoms. The third kappa shape index (κ3) is 3.79. The van der Waals surface area contributed by atoms with E-state index in [0.29, 0.717) is 5.75 Å². The molecule has 0 aliphatic carbocycles. The monoisotopic (exact) mass is 357 g/mol. The molecule has 0 saturated carbocycles. The first-order chi connectivity index (χ1) is 12.1. The number of ether oxygens (including phenoxy) is 2. The van der Waals surface area contributed by atoms with Gasteiger partial charge in [-0.15, -0.1) is 0 Å². The van der Waals surface area contributed by atoms with Crippen LogP contribution in [0.15, 0.2) is 48.7 Å². The summed E-state index contributed by atoms with van der Waals surface area (Å²) in [4.78, 5) is 4.40. The van der Waals surface area contributed by atoms with Gasteiger partial charge in [-0.3, -0.25) is 9.19 Å². The van der Waals surface area contributed by atoms with Crippen molar-refractivity contribution < 1.29 is 18.2 Å². The molecule has 7 heteroatoms. The van der Waals surface area contributed by atoms with Gasteiger partial charge >= 0.3 is 0 Å². The minimum Gasteiger partial charge on any atom is -0.760 e. The lowest BCUT2D eigenvalue weighted by Gasteiger charge is -2.14. The molecule has 0 aliphatic heterocycles. The summed E-state index contributed by atoms with van der Waals surface area (Å²) < 4.78 is 34.4. The topological polar surface area (TPSA) is 83.5 Å². The van der Waals surface area contributed by atoms with Crippen molar-refractivity contribution >= 4 is 22.2 Å². The largest absolute Gasteiger partial charge is 0.760 e. The van der Waals surface area contributed by atoms with E-state index in [-0.39, 0.29) is 6.54 Å². The van der Waals surface area contributed by atoms with Gasteiger partial charge in [0.2, 0.25) is 0 Å². The lowest BCUT2D eigenvalue weighted by atomic mass is 9.99. The molecule has 0 saturated heterocycles. The third-order valence-corrected chi connectivity index (χ3v) is 4.31. The molecule has 1 aromatic heterocycles. The Morgan fingerprint density at radius 1 is 1.12 bits per heavy atom. The van der Waals surface area contributed by atoms with Crippen molar-refractivity contribution in [2.75, 3.05) is 14.2 Å². The van der Waals surface area contributed by atoms with E-state index in [0.717, 1.165) is 33.3 Å². The van der Waals surface area contributed by atoms with Crippen LogP contribution in [0.2, 0.25) is 0 Å². The van der Waals surface area contributed by atoms with Gasteiger partial charge in [-0.05, 0) is 35.4 Å². The number of methoxy groups -OCH3 is 2. The Labute approximate surface area is 148 Å². The summed E-state index contributed by atoms with van der Waals surface area (Å²) in [6.45, 7) is 0.174. The van der Waals surface area contributed by atoms with Crippen LogP contribution in [0.4, 0.5) is 0 Å². The molecule has 130 valence electrons. The Bertz CT molecular complexity index is 930. The fourth-order valence-electron chi connectivity index (χ4n) is 2.70. The number of fused-ring (bicyclic) bond motifs is 1. The van der Waals surface area contributed by atoms with Crippen molar-refractivity contribution in [2.24, 2.45) is 0 Å². The fourth-order valence-corrected chi connectivity index (χ4v) is 2.97. The first-order valence-electron chi connectivity index (χ1n) is 7.55. The zero-order valence-electron chi connectivity index (χ0n) is 13.8. The molecule has 3 aromatic rings. The van der Waals surface area contributed by atoms with Gasteiger partial charge in [0, 0.05) is 41.0 Å². The maximum atomic E-state index is 10.7. The van der Waals surface area contributed by atoms with E-state index < -0.39 is 11.3 Å². The predicted octanol–water partition coefficient (Wildman–Crippen LogP) is 2.80. The van der Waals surface area contributed by atoms with Gasteiger partial charge in [0.15, 0.2) is 0 Å². The van der Waals surface area contributed by atoms with Gasteiger partial charge in [-0.25, -0.2) is 4.72 Å². The van der Waals surface area contributed by atoms with E-state index in [9.17, 15) is 8.76 Å². The van der Waals surface area contributed by atoms with Crippen LogP contribution in [0, 0.1) is 0 Å². The number of aromatic nitrogens is 1.